The summed E-state index contributed by atoms with van der Waals surface area (Å²) in [5, 5.41) is 0. The summed E-state index contributed by atoms with van der Waals surface area (Å²) < 4.78 is 35.2. The molecule has 1 aromatic heterocycles. The third-order valence-corrected chi connectivity index (χ3v) is 0.955. The Balaban J connectivity index is 0.000001000. The monoisotopic (exact) mass is 227 g/mol. The highest BCUT2D eigenvalue weighted by Gasteiger charge is 2.31. The molecule has 0 spiro atoms. The standard InChI is InChI=1S/C6H4F3N.BrH/c7-6(8,9)5-3-1-2-4-10-5;/h1-4H;1H. The van der Waals surface area contributed by atoms with E-state index in [1.54, 1.807) is 0 Å². The Labute approximate surface area is 72.0 Å². The highest BCUT2D eigenvalue weighted by molar-refractivity contribution is 8.93. The number of halogens is 4. The third kappa shape index (κ3) is 2.88. The van der Waals surface area contributed by atoms with Crippen molar-refractivity contribution in [1.82, 2.24) is 4.98 Å². The summed E-state index contributed by atoms with van der Waals surface area (Å²) in [6, 6.07) is 3.67. The Morgan fingerprint density at radius 1 is 1.18 bits per heavy atom. The van der Waals surface area contributed by atoms with E-state index in [2.05, 4.69) is 4.98 Å². The van der Waals surface area contributed by atoms with Crippen molar-refractivity contribution in [2.24, 2.45) is 0 Å². The van der Waals surface area contributed by atoms with Gasteiger partial charge in [-0.15, -0.1) is 17.0 Å². The molecule has 0 N–H and O–H groups in total. The minimum Gasteiger partial charge on any atom is -0.252 e. The summed E-state index contributed by atoms with van der Waals surface area (Å²) in [6.45, 7) is 0. The van der Waals surface area contributed by atoms with Crippen LogP contribution in [-0.2, 0) is 6.18 Å². The van der Waals surface area contributed by atoms with Crippen LogP contribution in [0.3, 0.4) is 0 Å². The predicted molar refractivity (Wildman–Crippen MR) is 39.6 cm³/mol. The van der Waals surface area contributed by atoms with Gasteiger partial charge in [0.15, 0.2) is 0 Å². The summed E-state index contributed by atoms with van der Waals surface area (Å²) in [6.07, 6.45) is -3.20. The maximum atomic E-state index is 11.7. The van der Waals surface area contributed by atoms with Crippen molar-refractivity contribution in [3.63, 3.8) is 0 Å². The van der Waals surface area contributed by atoms with Crippen LogP contribution in [0.25, 0.3) is 0 Å². The molecule has 0 amide bonds. The fourth-order valence-electron chi connectivity index (χ4n) is 0.530. The van der Waals surface area contributed by atoms with Gasteiger partial charge in [-0.1, -0.05) is 6.07 Å². The molecule has 1 rings (SSSR count). The number of alkyl halides is 3. The van der Waals surface area contributed by atoms with Gasteiger partial charge in [-0.05, 0) is 12.1 Å². The molecule has 0 bridgehead atoms. The lowest BCUT2D eigenvalue weighted by molar-refractivity contribution is -0.141. The van der Waals surface area contributed by atoms with Crippen LogP contribution in [-0.4, -0.2) is 4.98 Å². The number of hydrogen-bond acceptors (Lipinski definition) is 1. The third-order valence-electron chi connectivity index (χ3n) is 0.955. The average molecular weight is 228 g/mol. The smallest absolute Gasteiger partial charge is 0.252 e. The number of rotatable bonds is 0. The lowest BCUT2D eigenvalue weighted by Crippen LogP contribution is -2.06. The van der Waals surface area contributed by atoms with E-state index in [1.807, 2.05) is 0 Å². The Kier molecular flexibility index (Phi) is 3.51. The molecule has 0 fully saturated rings. The molecule has 0 aliphatic carbocycles. The van der Waals surface area contributed by atoms with Crippen LogP contribution in [0.4, 0.5) is 13.2 Å². The van der Waals surface area contributed by atoms with Crippen molar-refractivity contribution in [2.75, 3.05) is 0 Å². The molecule has 0 aliphatic rings. The number of pyridine rings is 1. The van der Waals surface area contributed by atoms with Crippen LogP contribution < -0.4 is 0 Å². The van der Waals surface area contributed by atoms with Crippen molar-refractivity contribution in [1.29, 1.82) is 0 Å². The maximum Gasteiger partial charge on any atom is 0.433 e. The Hall–Kier alpha value is -0.580. The molecular weight excluding hydrogens is 223 g/mol. The van der Waals surface area contributed by atoms with Gasteiger partial charge in [0.05, 0.1) is 0 Å². The largest absolute Gasteiger partial charge is 0.433 e. The van der Waals surface area contributed by atoms with Gasteiger partial charge in [-0.3, -0.25) is 4.98 Å². The first-order chi connectivity index (χ1) is 4.61. The van der Waals surface area contributed by atoms with E-state index in [4.69, 9.17) is 0 Å². The average Bonchev–Trinajstić information content (AvgIpc) is 1.88. The summed E-state index contributed by atoms with van der Waals surface area (Å²) in [7, 11) is 0. The summed E-state index contributed by atoms with van der Waals surface area (Å²) >= 11 is 0. The van der Waals surface area contributed by atoms with Gasteiger partial charge in [0.25, 0.3) is 0 Å². The van der Waals surface area contributed by atoms with Crippen LogP contribution in [0.15, 0.2) is 24.4 Å². The fraction of sp³-hybridized carbons (Fsp3) is 0.167. The van der Waals surface area contributed by atoms with E-state index >= 15 is 0 Å². The zero-order valence-corrected chi connectivity index (χ0v) is 7.01. The van der Waals surface area contributed by atoms with Crippen molar-refractivity contribution in [2.45, 2.75) is 6.18 Å². The van der Waals surface area contributed by atoms with Gasteiger partial charge in [0.1, 0.15) is 5.69 Å². The van der Waals surface area contributed by atoms with Gasteiger partial charge < -0.3 is 0 Å². The quantitative estimate of drug-likeness (QED) is 0.665. The Morgan fingerprint density at radius 3 is 2.09 bits per heavy atom. The van der Waals surface area contributed by atoms with Crippen LogP contribution >= 0.6 is 17.0 Å². The topological polar surface area (TPSA) is 12.9 Å². The zero-order chi connectivity index (χ0) is 7.61. The van der Waals surface area contributed by atoms with Crippen LogP contribution in [0, 0.1) is 0 Å². The second kappa shape index (κ2) is 3.71. The number of nitrogens with zero attached hydrogens (tertiary/aromatic N) is 1. The summed E-state index contributed by atoms with van der Waals surface area (Å²) in [5.74, 6) is 0. The highest BCUT2D eigenvalue weighted by Crippen LogP contribution is 2.26. The van der Waals surface area contributed by atoms with E-state index in [0.717, 1.165) is 12.3 Å². The van der Waals surface area contributed by atoms with Gasteiger partial charge in [0, 0.05) is 6.20 Å². The van der Waals surface area contributed by atoms with Gasteiger partial charge >= 0.3 is 6.18 Å². The molecular formula is C6H5BrF3N. The molecule has 0 atom stereocenters. The molecule has 0 saturated heterocycles. The molecule has 0 radical (unpaired) electrons. The summed E-state index contributed by atoms with van der Waals surface area (Å²) in [5.41, 5.74) is -0.852. The van der Waals surface area contributed by atoms with Crippen LogP contribution in [0.5, 0.6) is 0 Å². The first kappa shape index (κ1) is 10.4. The van der Waals surface area contributed by atoms with E-state index in [-0.39, 0.29) is 17.0 Å². The zero-order valence-electron chi connectivity index (χ0n) is 5.30. The molecule has 1 nitrogen and oxygen atoms in total. The van der Waals surface area contributed by atoms with Gasteiger partial charge in [-0.2, -0.15) is 13.2 Å². The number of hydrogen-bond donors (Lipinski definition) is 0. The molecule has 1 aromatic rings. The van der Waals surface area contributed by atoms with Crippen LogP contribution in [0.2, 0.25) is 0 Å². The SMILES string of the molecule is Br.FC(F)(F)c1ccccn1. The van der Waals surface area contributed by atoms with E-state index < -0.39 is 11.9 Å². The van der Waals surface area contributed by atoms with Crippen LogP contribution in [0.1, 0.15) is 5.69 Å². The minimum atomic E-state index is -4.32. The Bertz CT molecular complexity index is 209. The van der Waals surface area contributed by atoms with Gasteiger partial charge in [0.2, 0.25) is 0 Å². The first-order valence-corrected chi connectivity index (χ1v) is 2.59. The van der Waals surface area contributed by atoms with Crippen molar-refractivity contribution >= 4 is 17.0 Å². The Morgan fingerprint density at radius 2 is 1.82 bits per heavy atom. The predicted octanol–water partition coefficient (Wildman–Crippen LogP) is 2.68. The lowest BCUT2D eigenvalue weighted by atomic mass is 10.3. The molecule has 11 heavy (non-hydrogen) atoms. The molecule has 62 valence electrons. The normalized spacial score (nSPS) is 10.5. The van der Waals surface area contributed by atoms with Crippen molar-refractivity contribution in [3.8, 4) is 0 Å². The number of aromatic nitrogens is 1. The fourth-order valence-corrected chi connectivity index (χ4v) is 0.530. The van der Waals surface area contributed by atoms with E-state index in [9.17, 15) is 13.2 Å². The van der Waals surface area contributed by atoms with E-state index in [0.29, 0.717) is 0 Å². The molecule has 0 aromatic carbocycles. The second-order valence-corrected chi connectivity index (χ2v) is 1.71. The second-order valence-electron chi connectivity index (χ2n) is 1.71. The van der Waals surface area contributed by atoms with E-state index in [1.165, 1.54) is 12.1 Å². The highest BCUT2D eigenvalue weighted by atomic mass is 79.9. The molecule has 1 heterocycles. The van der Waals surface area contributed by atoms with Crippen molar-refractivity contribution < 1.29 is 13.2 Å². The lowest BCUT2D eigenvalue weighted by Gasteiger charge is -2.02. The maximum absolute atomic E-state index is 11.7. The molecule has 0 aliphatic heterocycles. The minimum absolute atomic E-state index is 0. The van der Waals surface area contributed by atoms with Crippen molar-refractivity contribution in [3.05, 3.63) is 30.1 Å². The molecule has 0 unspecified atom stereocenters. The molecule has 5 heteroatoms. The molecule has 0 saturated carbocycles. The van der Waals surface area contributed by atoms with Gasteiger partial charge in [-0.25, -0.2) is 0 Å². The first-order valence-electron chi connectivity index (χ1n) is 2.59. The summed E-state index contributed by atoms with van der Waals surface area (Å²) in [4.78, 5) is 3.12.